The lowest BCUT2D eigenvalue weighted by Gasteiger charge is -1.93. The molecule has 1 rings (SSSR count). The minimum absolute atomic E-state index is 0.702. The van der Waals surface area contributed by atoms with E-state index in [0.717, 1.165) is 12.1 Å². The van der Waals surface area contributed by atoms with Crippen LogP contribution >= 0.6 is 0 Å². The van der Waals surface area contributed by atoms with Gasteiger partial charge in [-0.1, -0.05) is 24.1 Å². The van der Waals surface area contributed by atoms with E-state index < -0.39 is 0 Å². The van der Waals surface area contributed by atoms with Gasteiger partial charge in [0.2, 0.25) is 0 Å². The predicted molar refractivity (Wildman–Crippen MR) is 54.7 cm³/mol. The summed E-state index contributed by atoms with van der Waals surface area (Å²) in [7, 11) is 0. The summed E-state index contributed by atoms with van der Waals surface area (Å²) in [6.07, 6.45) is 6.51. The van der Waals surface area contributed by atoms with Gasteiger partial charge in [-0.25, -0.2) is 0 Å². The molecular formula is C12H10N. The van der Waals surface area contributed by atoms with Crippen molar-refractivity contribution in [2.75, 3.05) is 5.32 Å². The van der Waals surface area contributed by atoms with E-state index in [-0.39, 0.29) is 0 Å². The van der Waals surface area contributed by atoms with Crippen molar-refractivity contribution in [2.45, 2.75) is 12.8 Å². The molecule has 0 fully saturated rings. The van der Waals surface area contributed by atoms with Crippen LogP contribution in [-0.4, -0.2) is 0 Å². The highest BCUT2D eigenvalue weighted by Crippen LogP contribution is 2.01. The summed E-state index contributed by atoms with van der Waals surface area (Å²) in [5.74, 6) is 5.44. The quantitative estimate of drug-likeness (QED) is 0.406. The Morgan fingerprint density at radius 2 is 2.31 bits per heavy atom. The lowest BCUT2D eigenvalue weighted by molar-refractivity contribution is 1.12. The molecule has 0 aliphatic carbocycles. The van der Waals surface area contributed by atoms with Crippen molar-refractivity contribution in [1.29, 1.82) is 0 Å². The van der Waals surface area contributed by atoms with Crippen molar-refractivity contribution >= 4 is 5.69 Å². The van der Waals surface area contributed by atoms with Gasteiger partial charge in [-0.05, 0) is 6.07 Å². The zero-order valence-corrected chi connectivity index (χ0v) is 7.30. The van der Waals surface area contributed by atoms with Crippen LogP contribution in [0.2, 0.25) is 0 Å². The van der Waals surface area contributed by atoms with Gasteiger partial charge in [-0.3, -0.25) is 0 Å². The monoisotopic (exact) mass is 168 g/mol. The third kappa shape index (κ3) is 3.89. The number of hydrogen-bond donors (Lipinski definition) is 1. The first-order valence-corrected chi connectivity index (χ1v) is 4.07. The van der Waals surface area contributed by atoms with Gasteiger partial charge in [0.1, 0.15) is 0 Å². The standard InChI is InChI=1S/C12H10N/c1-2-3-4-8-11-13-12-9-6-5-7-10-12/h1,5-7,9,13H,3-4H2. The largest absolute Gasteiger partial charge is 0.314 e. The van der Waals surface area contributed by atoms with Gasteiger partial charge in [-0.2, -0.15) is 0 Å². The van der Waals surface area contributed by atoms with E-state index in [1.54, 1.807) is 0 Å². The van der Waals surface area contributed by atoms with Crippen molar-refractivity contribution in [2.24, 2.45) is 0 Å². The van der Waals surface area contributed by atoms with Gasteiger partial charge in [0.25, 0.3) is 0 Å². The van der Waals surface area contributed by atoms with Gasteiger partial charge < -0.3 is 5.32 Å². The van der Waals surface area contributed by atoms with Gasteiger partial charge in [0.15, 0.2) is 0 Å². The maximum absolute atomic E-state index is 5.08. The van der Waals surface area contributed by atoms with E-state index in [1.165, 1.54) is 0 Å². The number of benzene rings is 1. The number of terminal acetylenes is 1. The molecule has 63 valence electrons. The third-order valence-electron chi connectivity index (χ3n) is 1.39. The second-order valence-electron chi connectivity index (χ2n) is 2.41. The SMILES string of the molecule is C#CCCC#CNc1[c]cccc1. The molecule has 1 radical (unpaired) electrons. The minimum Gasteiger partial charge on any atom is -0.314 e. The van der Waals surface area contributed by atoms with Gasteiger partial charge in [-0.15, -0.1) is 12.3 Å². The predicted octanol–water partition coefficient (Wildman–Crippen LogP) is 2.27. The van der Waals surface area contributed by atoms with Gasteiger partial charge in [0.05, 0.1) is 5.69 Å². The molecular weight excluding hydrogens is 158 g/mol. The molecule has 0 bridgehead atoms. The van der Waals surface area contributed by atoms with E-state index in [0.29, 0.717) is 6.42 Å². The van der Waals surface area contributed by atoms with Crippen LogP contribution in [0.5, 0.6) is 0 Å². The van der Waals surface area contributed by atoms with Crippen LogP contribution < -0.4 is 5.32 Å². The zero-order chi connectivity index (χ0) is 9.36. The first-order chi connectivity index (χ1) is 6.43. The van der Waals surface area contributed by atoms with Crippen molar-refractivity contribution in [3.05, 3.63) is 30.3 Å². The fourth-order valence-electron chi connectivity index (χ4n) is 0.780. The van der Waals surface area contributed by atoms with E-state index >= 15 is 0 Å². The Balaban J connectivity index is 2.34. The number of para-hydroxylation sites is 1. The van der Waals surface area contributed by atoms with Gasteiger partial charge in [0, 0.05) is 25.0 Å². The van der Waals surface area contributed by atoms with Crippen molar-refractivity contribution in [1.82, 2.24) is 0 Å². The lowest BCUT2D eigenvalue weighted by Crippen LogP contribution is -1.86. The zero-order valence-electron chi connectivity index (χ0n) is 7.30. The Hall–Kier alpha value is -1.86. The smallest absolute Gasteiger partial charge is 0.0538 e. The topological polar surface area (TPSA) is 12.0 Å². The second kappa shape index (κ2) is 5.75. The van der Waals surface area contributed by atoms with E-state index in [1.807, 2.05) is 24.3 Å². The van der Waals surface area contributed by atoms with Crippen LogP contribution in [0.1, 0.15) is 12.8 Å². The number of nitrogens with one attached hydrogen (secondary N) is 1. The Morgan fingerprint density at radius 1 is 1.38 bits per heavy atom. The fourth-order valence-corrected chi connectivity index (χ4v) is 0.780. The molecule has 1 heteroatoms. The van der Waals surface area contributed by atoms with Crippen LogP contribution in [0.25, 0.3) is 0 Å². The highest BCUT2D eigenvalue weighted by atomic mass is 14.8. The summed E-state index contributed by atoms with van der Waals surface area (Å²) in [4.78, 5) is 0. The molecule has 1 N–H and O–H groups in total. The number of anilines is 1. The fraction of sp³-hybridized carbons (Fsp3) is 0.167. The van der Waals surface area contributed by atoms with Gasteiger partial charge >= 0.3 is 0 Å². The average Bonchev–Trinajstić information content (AvgIpc) is 2.19. The van der Waals surface area contributed by atoms with E-state index in [4.69, 9.17) is 6.42 Å². The van der Waals surface area contributed by atoms with Crippen LogP contribution in [-0.2, 0) is 0 Å². The summed E-state index contributed by atoms with van der Waals surface area (Å²) < 4.78 is 0. The maximum Gasteiger partial charge on any atom is 0.0538 e. The molecule has 0 aromatic heterocycles. The average molecular weight is 168 g/mol. The number of rotatable bonds is 2. The molecule has 1 aromatic rings. The molecule has 0 spiro atoms. The molecule has 0 saturated heterocycles. The lowest BCUT2D eigenvalue weighted by atomic mass is 10.3. The maximum atomic E-state index is 5.08. The molecule has 0 amide bonds. The molecule has 0 aliphatic rings. The molecule has 0 unspecified atom stereocenters. The van der Waals surface area contributed by atoms with Crippen molar-refractivity contribution in [3.8, 4) is 24.3 Å². The highest BCUT2D eigenvalue weighted by molar-refractivity contribution is 5.46. The highest BCUT2D eigenvalue weighted by Gasteiger charge is 1.82. The molecule has 0 saturated carbocycles. The molecule has 0 heterocycles. The van der Waals surface area contributed by atoms with Crippen molar-refractivity contribution in [3.63, 3.8) is 0 Å². The molecule has 1 aromatic carbocycles. The summed E-state index contributed by atoms with van der Waals surface area (Å²) >= 11 is 0. The molecule has 1 nitrogen and oxygen atoms in total. The second-order valence-corrected chi connectivity index (χ2v) is 2.41. The summed E-state index contributed by atoms with van der Waals surface area (Å²) in [6, 6.07) is 13.4. The number of hydrogen-bond acceptors (Lipinski definition) is 1. The summed E-state index contributed by atoms with van der Waals surface area (Å²) in [5, 5.41) is 2.92. The Bertz CT molecular complexity index is 335. The van der Waals surface area contributed by atoms with Crippen LogP contribution in [0.15, 0.2) is 24.3 Å². The Labute approximate surface area is 79.2 Å². The van der Waals surface area contributed by atoms with E-state index in [2.05, 4.69) is 29.3 Å². The summed E-state index contributed by atoms with van der Waals surface area (Å²) in [5.41, 5.74) is 0.885. The third-order valence-corrected chi connectivity index (χ3v) is 1.39. The minimum atomic E-state index is 0.702. The van der Waals surface area contributed by atoms with Crippen LogP contribution in [0.4, 0.5) is 5.69 Å². The Kier molecular flexibility index (Phi) is 4.08. The molecule has 0 atom stereocenters. The number of unbranched alkanes of at least 4 members (excludes halogenated alkanes) is 1. The van der Waals surface area contributed by atoms with Crippen molar-refractivity contribution < 1.29 is 0 Å². The summed E-state index contributed by atoms with van der Waals surface area (Å²) in [6.45, 7) is 0. The van der Waals surface area contributed by atoms with Crippen LogP contribution in [0, 0.1) is 30.4 Å². The molecule has 0 aliphatic heterocycles. The first-order valence-electron chi connectivity index (χ1n) is 4.07. The molecule has 13 heavy (non-hydrogen) atoms. The normalized spacial score (nSPS) is 7.92. The van der Waals surface area contributed by atoms with E-state index in [9.17, 15) is 0 Å². The Morgan fingerprint density at radius 3 is 3.00 bits per heavy atom. The van der Waals surface area contributed by atoms with Crippen LogP contribution in [0.3, 0.4) is 0 Å². The first kappa shape index (κ1) is 9.23.